The molecule has 2 unspecified atom stereocenters. The molecule has 1 saturated heterocycles. The van der Waals surface area contributed by atoms with E-state index in [1.54, 1.807) is 12.1 Å². The summed E-state index contributed by atoms with van der Waals surface area (Å²) in [4.78, 5) is 14.1. The van der Waals surface area contributed by atoms with Crippen molar-refractivity contribution in [1.29, 1.82) is 0 Å². The summed E-state index contributed by atoms with van der Waals surface area (Å²) in [5.74, 6) is 0.473. The zero-order valence-electron chi connectivity index (χ0n) is 13.3. The first-order valence-corrected chi connectivity index (χ1v) is 7.66. The number of hydrogen-bond acceptors (Lipinski definition) is 4. The lowest BCUT2D eigenvalue weighted by Gasteiger charge is -2.41. The number of methoxy groups -OCH3 is 2. The molecule has 0 bridgehead atoms. The maximum Gasteiger partial charge on any atom is 0.197 e. The maximum atomic E-state index is 15.1. The fourth-order valence-electron chi connectivity index (χ4n) is 4.17. The number of hydrogen-bond donors (Lipinski definition) is 0. The summed E-state index contributed by atoms with van der Waals surface area (Å²) in [7, 11) is 4.97. The van der Waals surface area contributed by atoms with Crippen molar-refractivity contribution in [3.8, 4) is 11.5 Å². The normalized spacial score (nSPS) is 28.5. The van der Waals surface area contributed by atoms with Crippen molar-refractivity contribution in [3.63, 3.8) is 0 Å². The van der Waals surface area contributed by atoms with Gasteiger partial charge in [-0.3, -0.25) is 4.79 Å². The van der Waals surface area contributed by atoms with Crippen LogP contribution in [0.5, 0.6) is 11.5 Å². The third-order valence-electron chi connectivity index (χ3n) is 5.37. The number of ketones is 1. The number of carbonyl (C=O) groups is 1. The SMILES string of the molecule is COc1ccc(C23CCC(=O)CC2N(C)CC3)c(F)c1OC. The van der Waals surface area contributed by atoms with Crippen LogP contribution >= 0.6 is 0 Å². The molecule has 1 aromatic rings. The molecule has 1 aromatic carbocycles. The maximum absolute atomic E-state index is 15.1. The first-order valence-electron chi connectivity index (χ1n) is 7.66. The lowest BCUT2D eigenvalue weighted by atomic mass is 9.65. The summed E-state index contributed by atoms with van der Waals surface area (Å²) in [6, 6.07) is 3.64. The minimum Gasteiger partial charge on any atom is -0.493 e. The van der Waals surface area contributed by atoms with Crippen molar-refractivity contribution in [3.05, 3.63) is 23.5 Å². The fraction of sp³-hybridized carbons (Fsp3) is 0.588. The second kappa shape index (κ2) is 5.54. The van der Waals surface area contributed by atoms with Gasteiger partial charge in [-0.1, -0.05) is 6.07 Å². The molecule has 1 aliphatic heterocycles. The highest BCUT2D eigenvalue weighted by atomic mass is 19.1. The minimum atomic E-state index is -0.350. The van der Waals surface area contributed by atoms with Gasteiger partial charge in [-0.25, -0.2) is 4.39 Å². The molecule has 120 valence electrons. The number of halogens is 1. The molecule has 0 aromatic heterocycles. The van der Waals surface area contributed by atoms with E-state index >= 15 is 4.39 Å². The van der Waals surface area contributed by atoms with Crippen LogP contribution in [0.3, 0.4) is 0 Å². The van der Waals surface area contributed by atoms with E-state index in [4.69, 9.17) is 9.47 Å². The van der Waals surface area contributed by atoms with E-state index in [0.29, 0.717) is 30.6 Å². The highest BCUT2D eigenvalue weighted by Crippen LogP contribution is 2.50. The third kappa shape index (κ3) is 2.10. The Bertz CT molecular complexity index is 604. The van der Waals surface area contributed by atoms with Gasteiger partial charge < -0.3 is 14.4 Å². The topological polar surface area (TPSA) is 38.8 Å². The molecule has 22 heavy (non-hydrogen) atoms. The van der Waals surface area contributed by atoms with Gasteiger partial charge in [0.2, 0.25) is 0 Å². The Balaban J connectivity index is 2.11. The molecule has 0 amide bonds. The number of ether oxygens (including phenoxy) is 2. The van der Waals surface area contributed by atoms with Crippen LogP contribution in [0.25, 0.3) is 0 Å². The van der Waals surface area contributed by atoms with E-state index in [2.05, 4.69) is 4.90 Å². The van der Waals surface area contributed by atoms with Gasteiger partial charge in [0.1, 0.15) is 5.78 Å². The Morgan fingerprint density at radius 3 is 2.73 bits per heavy atom. The van der Waals surface area contributed by atoms with Crippen LogP contribution in [-0.2, 0) is 10.2 Å². The standard InChI is InChI=1S/C17H22FNO3/c1-19-9-8-17(7-6-11(20)10-14(17)19)12-4-5-13(21-2)16(22-3)15(12)18/h4-5,14H,6-10H2,1-3H3. The summed E-state index contributed by atoms with van der Waals surface area (Å²) in [5, 5.41) is 0. The van der Waals surface area contributed by atoms with E-state index in [1.165, 1.54) is 14.2 Å². The molecule has 1 saturated carbocycles. The van der Waals surface area contributed by atoms with Crippen LogP contribution in [0.15, 0.2) is 12.1 Å². The number of Topliss-reactive ketones (excluding diaryl/α,β-unsaturated/α-hetero) is 1. The molecule has 1 aliphatic carbocycles. The zero-order chi connectivity index (χ0) is 15.9. The van der Waals surface area contributed by atoms with Crippen molar-refractivity contribution in [1.82, 2.24) is 4.90 Å². The second-order valence-electron chi connectivity index (χ2n) is 6.31. The smallest absolute Gasteiger partial charge is 0.197 e. The summed E-state index contributed by atoms with van der Waals surface area (Å²) in [5.41, 5.74) is 0.360. The van der Waals surface area contributed by atoms with E-state index in [1.807, 2.05) is 7.05 Å². The molecule has 0 radical (unpaired) electrons. The lowest BCUT2D eigenvalue weighted by Crippen LogP contribution is -2.46. The first-order chi connectivity index (χ1) is 10.5. The Morgan fingerprint density at radius 1 is 1.27 bits per heavy atom. The molecule has 3 rings (SSSR count). The number of fused-ring (bicyclic) bond motifs is 1. The van der Waals surface area contributed by atoms with Crippen LogP contribution in [0.4, 0.5) is 4.39 Å². The van der Waals surface area contributed by atoms with Gasteiger partial charge >= 0.3 is 0 Å². The van der Waals surface area contributed by atoms with Gasteiger partial charge in [-0.2, -0.15) is 0 Å². The number of likely N-dealkylation sites (tertiary alicyclic amines) is 1. The number of likely N-dealkylation sites (N-methyl/N-ethyl adjacent to an activating group) is 1. The average molecular weight is 307 g/mol. The van der Waals surface area contributed by atoms with Crippen molar-refractivity contribution in [2.45, 2.75) is 37.1 Å². The van der Waals surface area contributed by atoms with Crippen LogP contribution < -0.4 is 9.47 Å². The van der Waals surface area contributed by atoms with E-state index in [9.17, 15) is 4.79 Å². The summed E-state index contributed by atoms with van der Waals surface area (Å²) in [6.07, 6.45) is 2.60. The van der Waals surface area contributed by atoms with Crippen LogP contribution in [0.2, 0.25) is 0 Å². The average Bonchev–Trinajstić information content (AvgIpc) is 2.85. The fourth-order valence-corrected chi connectivity index (χ4v) is 4.17. The van der Waals surface area contributed by atoms with Crippen molar-refractivity contribution in [2.24, 2.45) is 0 Å². The zero-order valence-corrected chi connectivity index (χ0v) is 13.3. The van der Waals surface area contributed by atoms with E-state index in [0.717, 1.165) is 13.0 Å². The van der Waals surface area contributed by atoms with Crippen molar-refractivity contribution >= 4 is 5.78 Å². The highest BCUT2D eigenvalue weighted by molar-refractivity contribution is 5.81. The van der Waals surface area contributed by atoms with Crippen LogP contribution in [0.1, 0.15) is 31.2 Å². The van der Waals surface area contributed by atoms with Crippen molar-refractivity contribution in [2.75, 3.05) is 27.8 Å². The summed E-state index contributed by atoms with van der Waals surface area (Å²) < 4.78 is 25.4. The Kier molecular flexibility index (Phi) is 3.85. The quantitative estimate of drug-likeness (QED) is 0.860. The highest BCUT2D eigenvalue weighted by Gasteiger charge is 2.51. The van der Waals surface area contributed by atoms with Crippen LogP contribution in [-0.4, -0.2) is 44.5 Å². The van der Waals surface area contributed by atoms with Gasteiger partial charge in [-0.05, 0) is 38.1 Å². The largest absolute Gasteiger partial charge is 0.493 e. The predicted octanol–water partition coefficient (Wildman–Crippen LogP) is 2.54. The number of rotatable bonds is 3. The molecule has 0 N–H and O–H groups in total. The van der Waals surface area contributed by atoms with Gasteiger partial charge in [-0.15, -0.1) is 0 Å². The Hall–Kier alpha value is -1.62. The molecule has 2 fully saturated rings. The minimum absolute atomic E-state index is 0.0707. The van der Waals surface area contributed by atoms with Crippen LogP contribution in [0, 0.1) is 5.82 Å². The van der Waals surface area contributed by atoms with Gasteiger partial charge in [0.05, 0.1) is 14.2 Å². The predicted molar refractivity (Wildman–Crippen MR) is 81.1 cm³/mol. The van der Waals surface area contributed by atoms with E-state index < -0.39 is 0 Å². The lowest BCUT2D eigenvalue weighted by molar-refractivity contribution is -0.122. The van der Waals surface area contributed by atoms with Gasteiger partial charge in [0, 0.05) is 24.3 Å². The summed E-state index contributed by atoms with van der Waals surface area (Å²) in [6.45, 7) is 0.881. The third-order valence-corrected chi connectivity index (χ3v) is 5.37. The van der Waals surface area contributed by atoms with Gasteiger partial charge in [0.25, 0.3) is 0 Å². The second-order valence-corrected chi connectivity index (χ2v) is 6.31. The molecule has 2 aliphatic rings. The number of nitrogens with zero attached hydrogens (tertiary/aromatic N) is 1. The molecule has 0 spiro atoms. The molecule has 5 heteroatoms. The number of benzene rings is 1. The first kappa shape index (κ1) is 15.3. The number of carbonyl (C=O) groups excluding carboxylic acids is 1. The Labute approximate surface area is 130 Å². The van der Waals surface area contributed by atoms with Crippen molar-refractivity contribution < 1.29 is 18.7 Å². The Morgan fingerprint density at radius 2 is 2.05 bits per heavy atom. The molecule has 2 atom stereocenters. The van der Waals surface area contributed by atoms with Gasteiger partial charge in [0.15, 0.2) is 17.3 Å². The summed E-state index contributed by atoms with van der Waals surface area (Å²) >= 11 is 0. The molecule has 4 nitrogen and oxygen atoms in total. The monoisotopic (exact) mass is 307 g/mol. The molecular formula is C17H22FNO3. The molecule has 1 heterocycles. The molecular weight excluding hydrogens is 285 g/mol. The van der Waals surface area contributed by atoms with E-state index in [-0.39, 0.29) is 28.8 Å².